The van der Waals surface area contributed by atoms with E-state index in [1.54, 1.807) is 12.1 Å². The molecule has 0 aliphatic rings. The second-order valence-electron chi connectivity index (χ2n) is 4.58. The van der Waals surface area contributed by atoms with Crippen LogP contribution in [-0.2, 0) is 11.2 Å². The number of carbonyl (C=O) groups is 2. The van der Waals surface area contributed by atoms with E-state index in [4.69, 9.17) is 0 Å². The van der Waals surface area contributed by atoms with Gasteiger partial charge in [0, 0.05) is 17.9 Å². The Kier molecular flexibility index (Phi) is 4.62. The van der Waals surface area contributed by atoms with Gasteiger partial charge in [0.1, 0.15) is 6.29 Å². The first-order chi connectivity index (χ1) is 9.29. The van der Waals surface area contributed by atoms with E-state index in [2.05, 4.69) is 0 Å². The monoisotopic (exact) mass is 252 g/mol. The van der Waals surface area contributed by atoms with Crippen LogP contribution in [0, 0.1) is 5.92 Å². The van der Waals surface area contributed by atoms with Gasteiger partial charge in [0.2, 0.25) is 0 Å². The van der Waals surface area contributed by atoms with Gasteiger partial charge < -0.3 is 4.79 Å². The molecule has 1 atom stereocenters. The van der Waals surface area contributed by atoms with Crippen LogP contribution in [0.5, 0.6) is 0 Å². The fourth-order valence-electron chi connectivity index (χ4n) is 2.07. The van der Waals surface area contributed by atoms with Gasteiger partial charge in [-0.2, -0.15) is 0 Å². The zero-order chi connectivity index (χ0) is 13.5. The van der Waals surface area contributed by atoms with E-state index in [9.17, 15) is 9.59 Å². The summed E-state index contributed by atoms with van der Waals surface area (Å²) < 4.78 is 0. The Bertz CT molecular complexity index is 532. The van der Waals surface area contributed by atoms with E-state index in [1.165, 1.54) is 0 Å². The third-order valence-corrected chi connectivity index (χ3v) is 3.08. The van der Waals surface area contributed by atoms with Gasteiger partial charge in [0.05, 0.1) is 0 Å². The number of hydrogen-bond donors (Lipinski definition) is 0. The lowest BCUT2D eigenvalue weighted by atomic mass is 9.93. The van der Waals surface area contributed by atoms with Crippen molar-refractivity contribution in [3.8, 4) is 0 Å². The molecule has 0 aliphatic heterocycles. The molecule has 96 valence electrons. The molecule has 0 fully saturated rings. The highest BCUT2D eigenvalue weighted by Gasteiger charge is 2.15. The van der Waals surface area contributed by atoms with Crippen LogP contribution in [0.25, 0.3) is 0 Å². The van der Waals surface area contributed by atoms with Gasteiger partial charge in [-0.15, -0.1) is 0 Å². The normalized spacial score (nSPS) is 11.8. The maximum absolute atomic E-state index is 12.0. The van der Waals surface area contributed by atoms with Gasteiger partial charge in [-0.25, -0.2) is 0 Å². The van der Waals surface area contributed by atoms with Gasteiger partial charge in [0.25, 0.3) is 0 Å². The summed E-state index contributed by atoms with van der Waals surface area (Å²) in [6, 6.07) is 18.9. The number of carbonyl (C=O) groups excluding carboxylic acids is 2. The molecule has 0 spiro atoms. The zero-order valence-corrected chi connectivity index (χ0v) is 10.7. The van der Waals surface area contributed by atoms with Crippen LogP contribution in [0.1, 0.15) is 22.3 Å². The van der Waals surface area contributed by atoms with Gasteiger partial charge >= 0.3 is 0 Å². The van der Waals surface area contributed by atoms with Crippen LogP contribution in [0.2, 0.25) is 0 Å². The van der Waals surface area contributed by atoms with Crippen LogP contribution in [0.3, 0.4) is 0 Å². The smallest absolute Gasteiger partial charge is 0.163 e. The van der Waals surface area contributed by atoms with Gasteiger partial charge in [0.15, 0.2) is 5.78 Å². The Balaban J connectivity index is 2.00. The molecule has 2 heteroatoms. The molecule has 0 heterocycles. The Labute approximate surface area is 113 Å². The molecule has 0 N–H and O–H groups in total. The van der Waals surface area contributed by atoms with Crippen LogP contribution >= 0.6 is 0 Å². The lowest BCUT2D eigenvalue weighted by Gasteiger charge is -2.09. The molecule has 1 unspecified atom stereocenters. The lowest BCUT2D eigenvalue weighted by molar-refractivity contribution is -0.111. The van der Waals surface area contributed by atoms with E-state index < -0.39 is 0 Å². The third-order valence-electron chi connectivity index (χ3n) is 3.08. The first-order valence-corrected chi connectivity index (χ1v) is 6.37. The van der Waals surface area contributed by atoms with Crippen molar-refractivity contribution in [2.24, 2.45) is 5.92 Å². The summed E-state index contributed by atoms with van der Waals surface area (Å²) in [6.45, 7) is 0. The quantitative estimate of drug-likeness (QED) is 0.584. The SMILES string of the molecule is O=CC(CC(=O)c1ccccc1)Cc1ccccc1. The second-order valence-corrected chi connectivity index (χ2v) is 4.58. The van der Waals surface area contributed by atoms with Crippen molar-refractivity contribution in [2.75, 3.05) is 0 Å². The number of Topliss-reactive ketones (excluding diaryl/α,β-unsaturated/α-hetero) is 1. The molecule has 19 heavy (non-hydrogen) atoms. The summed E-state index contributed by atoms with van der Waals surface area (Å²) >= 11 is 0. The van der Waals surface area contributed by atoms with Crippen molar-refractivity contribution in [3.05, 3.63) is 71.8 Å². The molecule has 2 aromatic carbocycles. The number of hydrogen-bond acceptors (Lipinski definition) is 2. The number of rotatable bonds is 6. The van der Waals surface area contributed by atoms with Crippen molar-refractivity contribution < 1.29 is 9.59 Å². The number of ketones is 1. The molecule has 0 aromatic heterocycles. The summed E-state index contributed by atoms with van der Waals surface area (Å²) in [6.07, 6.45) is 1.76. The summed E-state index contributed by atoms with van der Waals surface area (Å²) in [4.78, 5) is 23.2. The minimum Gasteiger partial charge on any atom is -0.303 e. The summed E-state index contributed by atoms with van der Waals surface area (Å²) in [5, 5.41) is 0. The topological polar surface area (TPSA) is 34.1 Å². The molecule has 0 saturated heterocycles. The Morgan fingerprint density at radius 2 is 1.53 bits per heavy atom. The van der Waals surface area contributed by atoms with Crippen LogP contribution in [0.15, 0.2) is 60.7 Å². The third kappa shape index (κ3) is 3.88. The zero-order valence-electron chi connectivity index (χ0n) is 10.7. The first kappa shape index (κ1) is 13.2. The largest absolute Gasteiger partial charge is 0.303 e. The maximum atomic E-state index is 12.0. The van der Waals surface area contributed by atoms with Crippen molar-refractivity contribution in [2.45, 2.75) is 12.8 Å². The highest BCUT2D eigenvalue weighted by molar-refractivity contribution is 5.97. The molecular formula is C17H16O2. The van der Waals surface area contributed by atoms with E-state index in [1.807, 2.05) is 48.5 Å². The molecule has 0 bridgehead atoms. The number of benzene rings is 2. The fourth-order valence-corrected chi connectivity index (χ4v) is 2.07. The predicted octanol–water partition coefficient (Wildman–Crippen LogP) is 3.32. The molecule has 0 aliphatic carbocycles. The van der Waals surface area contributed by atoms with Crippen molar-refractivity contribution in [1.29, 1.82) is 0 Å². The molecule has 0 saturated carbocycles. The van der Waals surface area contributed by atoms with E-state index in [-0.39, 0.29) is 18.1 Å². The molecule has 2 nitrogen and oxygen atoms in total. The fraction of sp³-hybridized carbons (Fsp3) is 0.176. The minimum atomic E-state index is -0.255. The molecule has 0 amide bonds. The average molecular weight is 252 g/mol. The Morgan fingerprint density at radius 1 is 0.947 bits per heavy atom. The summed E-state index contributed by atoms with van der Waals surface area (Å²) in [7, 11) is 0. The van der Waals surface area contributed by atoms with Gasteiger partial charge in [-0.05, 0) is 12.0 Å². The van der Waals surface area contributed by atoms with Crippen LogP contribution in [0.4, 0.5) is 0 Å². The molecule has 2 aromatic rings. The average Bonchev–Trinajstić information content (AvgIpc) is 2.48. The van der Waals surface area contributed by atoms with Crippen LogP contribution < -0.4 is 0 Å². The van der Waals surface area contributed by atoms with E-state index in [0.29, 0.717) is 12.0 Å². The number of aldehydes is 1. The van der Waals surface area contributed by atoms with Crippen molar-refractivity contribution in [1.82, 2.24) is 0 Å². The predicted molar refractivity (Wildman–Crippen MR) is 75.1 cm³/mol. The Hall–Kier alpha value is -2.22. The van der Waals surface area contributed by atoms with Crippen molar-refractivity contribution >= 4 is 12.1 Å². The standard InChI is InChI=1S/C17H16O2/c18-13-15(11-14-7-3-1-4-8-14)12-17(19)16-9-5-2-6-10-16/h1-10,13,15H,11-12H2. The summed E-state index contributed by atoms with van der Waals surface area (Å²) in [5.41, 5.74) is 1.75. The van der Waals surface area contributed by atoms with Crippen molar-refractivity contribution in [3.63, 3.8) is 0 Å². The summed E-state index contributed by atoms with van der Waals surface area (Å²) in [5.74, 6) is -0.233. The lowest BCUT2D eigenvalue weighted by Crippen LogP contribution is -2.12. The van der Waals surface area contributed by atoms with Gasteiger partial charge in [-0.1, -0.05) is 60.7 Å². The minimum absolute atomic E-state index is 0.0219. The highest BCUT2D eigenvalue weighted by atomic mass is 16.1. The maximum Gasteiger partial charge on any atom is 0.163 e. The molecule has 0 radical (unpaired) electrons. The van der Waals surface area contributed by atoms with E-state index in [0.717, 1.165) is 11.8 Å². The van der Waals surface area contributed by atoms with Gasteiger partial charge in [-0.3, -0.25) is 4.79 Å². The molecular weight excluding hydrogens is 236 g/mol. The molecule has 2 rings (SSSR count). The first-order valence-electron chi connectivity index (χ1n) is 6.37. The van der Waals surface area contributed by atoms with E-state index >= 15 is 0 Å². The highest BCUT2D eigenvalue weighted by Crippen LogP contribution is 2.14. The van der Waals surface area contributed by atoms with Crippen LogP contribution in [-0.4, -0.2) is 12.1 Å². The second kappa shape index (κ2) is 6.64. The Morgan fingerprint density at radius 3 is 2.11 bits per heavy atom.